The summed E-state index contributed by atoms with van der Waals surface area (Å²) in [5, 5.41) is 2.94. The van der Waals surface area contributed by atoms with E-state index < -0.39 is 30.4 Å². The number of aromatic nitrogens is 5. The van der Waals surface area contributed by atoms with E-state index in [1.54, 1.807) is 19.9 Å². The summed E-state index contributed by atoms with van der Waals surface area (Å²) in [7, 11) is 0. The van der Waals surface area contributed by atoms with E-state index in [0.29, 0.717) is 17.0 Å². The van der Waals surface area contributed by atoms with Crippen molar-refractivity contribution in [1.29, 1.82) is 0 Å². The monoisotopic (exact) mass is 606 g/mol. The van der Waals surface area contributed by atoms with E-state index in [9.17, 15) is 27.2 Å². The number of amides is 1. The molecule has 0 bridgehead atoms. The number of carbonyl (C=O) groups is 1. The molecule has 0 spiro atoms. The quantitative estimate of drug-likeness (QED) is 0.243. The fourth-order valence-electron chi connectivity index (χ4n) is 5.28. The Bertz CT molecular complexity index is 1890. The van der Waals surface area contributed by atoms with Gasteiger partial charge in [-0.3, -0.25) is 29.0 Å². The van der Waals surface area contributed by atoms with Crippen LogP contribution in [0.1, 0.15) is 34.6 Å². The summed E-state index contributed by atoms with van der Waals surface area (Å²) >= 11 is 0. The number of fused-ring (bicyclic) bond motifs is 1. The van der Waals surface area contributed by atoms with Gasteiger partial charge in [-0.05, 0) is 38.1 Å². The number of benzene rings is 2. The lowest BCUT2D eigenvalue weighted by Crippen LogP contribution is -2.58. The number of aromatic amines is 1. The number of aryl methyl sites for hydroxylation is 1. The van der Waals surface area contributed by atoms with Crippen molar-refractivity contribution in [2.24, 2.45) is 5.92 Å². The van der Waals surface area contributed by atoms with Crippen LogP contribution in [0.15, 0.2) is 77.9 Å². The van der Waals surface area contributed by atoms with Crippen LogP contribution in [-0.4, -0.2) is 60.8 Å². The third-order valence-electron chi connectivity index (χ3n) is 7.82. The second-order valence-corrected chi connectivity index (χ2v) is 10.6. The summed E-state index contributed by atoms with van der Waals surface area (Å²) in [6, 6.07) is 13.9. The van der Waals surface area contributed by atoms with Gasteiger partial charge in [-0.2, -0.15) is 13.2 Å². The smallest absolute Gasteiger partial charge is 0.429 e. The van der Waals surface area contributed by atoms with Crippen LogP contribution in [0.3, 0.4) is 0 Å². The van der Waals surface area contributed by atoms with Gasteiger partial charge in [-0.15, -0.1) is 0 Å². The molecule has 0 radical (unpaired) electrons. The van der Waals surface area contributed by atoms with Gasteiger partial charge in [-0.1, -0.05) is 30.3 Å². The largest absolute Gasteiger partial charge is 0.476 e. The Balaban J connectivity index is 1.40. The van der Waals surface area contributed by atoms with Crippen LogP contribution in [0, 0.1) is 12.8 Å². The standard InChI is InChI=1S/C31H26F4N6O3/c1-17-26(37-13-12-36-17)27-25(30(43)40-16-21(15-32)18(40)2)29-38-23(14-24(42)41(29)39-27)19-8-10-22(11-9-19)44-28(31(33,34)35)20-6-4-3-5-7-20/h3-14,18,21,28,39H,15-16H2,1-2H3. The molecule has 13 heteroatoms. The first-order valence-electron chi connectivity index (χ1n) is 13.8. The lowest BCUT2D eigenvalue weighted by atomic mass is 9.90. The molecule has 1 fully saturated rings. The van der Waals surface area contributed by atoms with E-state index in [1.807, 2.05) is 0 Å². The molecule has 3 unspecified atom stereocenters. The molecule has 0 saturated carbocycles. The van der Waals surface area contributed by atoms with Crippen LogP contribution < -0.4 is 10.3 Å². The summed E-state index contributed by atoms with van der Waals surface area (Å²) < 4.78 is 61.2. The van der Waals surface area contributed by atoms with Gasteiger partial charge >= 0.3 is 6.18 Å². The molecule has 4 heterocycles. The molecule has 1 amide bonds. The van der Waals surface area contributed by atoms with Crippen LogP contribution in [-0.2, 0) is 0 Å². The summed E-state index contributed by atoms with van der Waals surface area (Å²) in [6.07, 6.45) is -3.87. The van der Waals surface area contributed by atoms with Gasteiger partial charge in [0.15, 0.2) is 5.65 Å². The predicted molar refractivity (Wildman–Crippen MR) is 153 cm³/mol. The molecule has 44 heavy (non-hydrogen) atoms. The molecule has 5 aromatic rings. The van der Waals surface area contributed by atoms with Gasteiger partial charge in [0.25, 0.3) is 11.5 Å². The Morgan fingerprint density at radius 1 is 1.09 bits per heavy atom. The third-order valence-corrected chi connectivity index (χ3v) is 7.82. The van der Waals surface area contributed by atoms with E-state index in [0.717, 1.165) is 4.52 Å². The lowest BCUT2D eigenvalue weighted by molar-refractivity contribution is -0.198. The minimum absolute atomic E-state index is 0.0231. The maximum absolute atomic E-state index is 13.9. The number of halogens is 4. The van der Waals surface area contributed by atoms with Crippen molar-refractivity contribution in [3.05, 3.63) is 100 Å². The minimum atomic E-state index is -4.66. The number of alkyl halides is 4. The van der Waals surface area contributed by atoms with Crippen molar-refractivity contribution in [2.75, 3.05) is 13.2 Å². The number of likely N-dealkylation sites (tertiary alicyclic amines) is 1. The molecule has 226 valence electrons. The molecule has 0 aliphatic carbocycles. The molecule has 1 saturated heterocycles. The van der Waals surface area contributed by atoms with Crippen LogP contribution in [0.2, 0.25) is 0 Å². The van der Waals surface area contributed by atoms with Crippen molar-refractivity contribution in [3.63, 3.8) is 0 Å². The number of H-pyrrole nitrogens is 1. The number of hydrogen-bond donors (Lipinski definition) is 1. The molecular formula is C31H26F4N6O3. The molecule has 3 atom stereocenters. The molecule has 9 nitrogen and oxygen atoms in total. The fraction of sp³-hybridized carbons (Fsp3) is 0.258. The van der Waals surface area contributed by atoms with E-state index in [1.165, 1.54) is 71.9 Å². The van der Waals surface area contributed by atoms with Crippen molar-refractivity contribution < 1.29 is 27.1 Å². The van der Waals surface area contributed by atoms with E-state index >= 15 is 0 Å². The Morgan fingerprint density at radius 3 is 2.43 bits per heavy atom. The maximum Gasteiger partial charge on any atom is 0.429 e. The Morgan fingerprint density at radius 2 is 1.80 bits per heavy atom. The molecule has 1 N–H and O–H groups in total. The molecule has 1 aliphatic rings. The van der Waals surface area contributed by atoms with Crippen molar-refractivity contribution in [2.45, 2.75) is 32.2 Å². The van der Waals surface area contributed by atoms with Crippen LogP contribution in [0.5, 0.6) is 5.75 Å². The number of ether oxygens (including phenoxy) is 1. The summed E-state index contributed by atoms with van der Waals surface area (Å²) in [5.74, 6) is -0.783. The summed E-state index contributed by atoms with van der Waals surface area (Å²) in [6.45, 7) is 3.11. The zero-order valence-corrected chi connectivity index (χ0v) is 23.5. The molecule has 6 rings (SSSR count). The first kappa shape index (κ1) is 29.0. The molecule has 3 aromatic heterocycles. The number of carbonyl (C=O) groups excluding carboxylic acids is 1. The minimum Gasteiger partial charge on any atom is -0.476 e. The highest BCUT2D eigenvalue weighted by atomic mass is 19.4. The Labute approximate surface area is 248 Å². The molecule has 1 aliphatic heterocycles. The molecular weight excluding hydrogens is 580 g/mol. The van der Waals surface area contributed by atoms with Gasteiger partial charge in [0, 0.05) is 48.1 Å². The Hall–Kier alpha value is -5.07. The zero-order valence-electron chi connectivity index (χ0n) is 23.5. The van der Waals surface area contributed by atoms with Crippen LogP contribution in [0.25, 0.3) is 28.3 Å². The van der Waals surface area contributed by atoms with Crippen LogP contribution in [0.4, 0.5) is 17.6 Å². The first-order chi connectivity index (χ1) is 21.1. The lowest BCUT2D eigenvalue weighted by Gasteiger charge is -2.45. The highest BCUT2D eigenvalue weighted by molar-refractivity contribution is 6.06. The van der Waals surface area contributed by atoms with E-state index in [-0.39, 0.29) is 52.4 Å². The summed E-state index contributed by atoms with van der Waals surface area (Å²) in [5.41, 5.74) is 1.20. The maximum atomic E-state index is 13.9. The highest BCUT2D eigenvalue weighted by Gasteiger charge is 2.43. The van der Waals surface area contributed by atoms with Gasteiger partial charge in [-0.25, -0.2) is 9.50 Å². The average molecular weight is 607 g/mol. The van der Waals surface area contributed by atoms with Crippen molar-refractivity contribution in [1.82, 2.24) is 29.5 Å². The topological polar surface area (TPSA) is 105 Å². The SMILES string of the molecule is Cc1nccnc1-c1[nH]n2c(=O)cc(-c3ccc(OC(c4ccccc4)C(F)(F)F)cc3)nc2c1C(=O)N1CC(CF)C1C. The summed E-state index contributed by atoms with van der Waals surface area (Å²) in [4.78, 5) is 41.9. The van der Waals surface area contributed by atoms with Crippen molar-refractivity contribution in [3.8, 4) is 28.4 Å². The second kappa shape index (κ2) is 11.2. The zero-order chi connectivity index (χ0) is 31.2. The second-order valence-electron chi connectivity index (χ2n) is 10.6. The van der Waals surface area contributed by atoms with Gasteiger partial charge in [0.2, 0.25) is 6.10 Å². The number of nitrogens with zero attached hydrogens (tertiary/aromatic N) is 5. The van der Waals surface area contributed by atoms with Gasteiger partial charge < -0.3 is 9.64 Å². The van der Waals surface area contributed by atoms with Crippen LogP contribution >= 0.6 is 0 Å². The Kier molecular flexibility index (Phi) is 7.39. The van der Waals surface area contributed by atoms with Gasteiger partial charge in [0.05, 0.1) is 23.8 Å². The third kappa shape index (κ3) is 5.18. The normalized spacial score (nSPS) is 17.4. The number of hydrogen-bond acceptors (Lipinski definition) is 6. The number of rotatable bonds is 7. The van der Waals surface area contributed by atoms with E-state index in [4.69, 9.17) is 4.74 Å². The average Bonchev–Trinajstić information content (AvgIpc) is 3.39. The van der Waals surface area contributed by atoms with Crippen molar-refractivity contribution >= 4 is 11.6 Å². The van der Waals surface area contributed by atoms with Gasteiger partial charge in [0.1, 0.15) is 17.0 Å². The molecule has 2 aromatic carbocycles. The first-order valence-corrected chi connectivity index (χ1v) is 13.8. The van der Waals surface area contributed by atoms with E-state index in [2.05, 4.69) is 20.1 Å². The highest BCUT2D eigenvalue weighted by Crippen LogP contribution is 2.37. The number of nitrogens with one attached hydrogen (secondary N) is 1. The fourth-order valence-corrected chi connectivity index (χ4v) is 5.28. The predicted octanol–water partition coefficient (Wildman–Crippen LogP) is 5.57.